The Morgan fingerprint density at radius 2 is 2.29 bits per heavy atom. The lowest BCUT2D eigenvalue weighted by atomic mass is 10.0. The van der Waals surface area contributed by atoms with Gasteiger partial charge in [-0.2, -0.15) is 0 Å². The first-order valence-electron chi connectivity index (χ1n) is 5.03. The van der Waals surface area contributed by atoms with Crippen LogP contribution in [0.5, 0.6) is 0 Å². The maximum atomic E-state index is 13.5. The van der Waals surface area contributed by atoms with Crippen LogP contribution in [0.3, 0.4) is 0 Å². The first-order valence-corrected chi connectivity index (χ1v) is 5.03. The third-order valence-electron chi connectivity index (χ3n) is 2.99. The molecule has 80 valence electrons. The van der Waals surface area contributed by atoms with Crippen molar-refractivity contribution in [2.24, 2.45) is 0 Å². The van der Waals surface area contributed by atoms with Crippen LogP contribution in [-0.4, -0.2) is 53.9 Å². The predicted octanol–water partition coefficient (Wildman–Crippen LogP) is -0.720. The van der Waals surface area contributed by atoms with Crippen molar-refractivity contribution in [2.75, 3.05) is 19.6 Å². The highest BCUT2D eigenvalue weighted by molar-refractivity contribution is 5.83. The standard InChI is InChI=1S/C9H15FN2O2/c10-6-5-11-3-1-7(6)12-4-2-8(13)9(12)14/h6-8,11,13H,1-5H2/t6-,7+,8?/m1/s1. The smallest absolute Gasteiger partial charge is 0.251 e. The van der Waals surface area contributed by atoms with Crippen LogP contribution in [-0.2, 0) is 4.79 Å². The molecule has 0 bridgehead atoms. The lowest BCUT2D eigenvalue weighted by Crippen LogP contribution is -2.52. The number of carbonyl (C=O) groups is 1. The fourth-order valence-corrected chi connectivity index (χ4v) is 2.17. The number of hydrogen-bond donors (Lipinski definition) is 2. The highest BCUT2D eigenvalue weighted by Crippen LogP contribution is 2.21. The van der Waals surface area contributed by atoms with E-state index in [-0.39, 0.29) is 11.9 Å². The fourth-order valence-electron chi connectivity index (χ4n) is 2.17. The SMILES string of the molecule is O=C1C(O)CCN1[C@H]1CCNC[C@H]1F. The van der Waals surface area contributed by atoms with Crippen molar-refractivity contribution in [3.05, 3.63) is 0 Å². The Labute approximate surface area is 82.1 Å². The molecular weight excluding hydrogens is 187 g/mol. The molecule has 0 aromatic rings. The number of amides is 1. The van der Waals surface area contributed by atoms with Gasteiger partial charge in [0.25, 0.3) is 5.91 Å². The summed E-state index contributed by atoms with van der Waals surface area (Å²) < 4.78 is 13.5. The van der Waals surface area contributed by atoms with Crippen molar-refractivity contribution in [3.63, 3.8) is 0 Å². The second-order valence-corrected chi connectivity index (χ2v) is 3.91. The van der Waals surface area contributed by atoms with Gasteiger partial charge < -0.3 is 15.3 Å². The highest BCUT2D eigenvalue weighted by atomic mass is 19.1. The number of nitrogens with one attached hydrogen (secondary N) is 1. The van der Waals surface area contributed by atoms with E-state index < -0.39 is 12.3 Å². The average Bonchev–Trinajstić information content (AvgIpc) is 2.49. The number of piperidine rings is 1. The van der Waals surface area contributed by atoms with Crippen molar-refractivity contribution >= 4 is 5.91 Å². The van der Waals surface area contributed by atoms with Gasteiger partial charge in [-0.3, -0.25) is 4.79 Å². The highest BCUT2D eigenvalue weighted by Gasteiger charge is 2.39. The molecule has 1 unspecified atom stereocenters. The fraction of sp³-hybridized carbons (Fsp3) is 0.889. The van der Waals surface area contributed by atoms with Gasteiger partial charge in [-0.15, -0.1) is 0 Å². The van der Waals surface area contributed by atoms with E-state index in [1.54, 1.807) is 0 Å². The van der Waals surface area contributed by atoms with Gasteiger partial charge in [0.1, 0.15) is 12.3 Å². The number of likely N-dealkylation sites (tertiary alicyclic amines) is 1. The molecule has 2 N–H and O–H groups in total. The molecule has 2 saturated heterocycles. The molecule has 1 amide bonds. The summed E-state index contributed by atoms with van der Waals surface area (Å²) in [5.41, 5.74) is 0. The minimum atomic E-state index is -1.00. The third-order valence-corrected chi connectivity index (χ3v) is 2.99. The van der Waals surface area contributed by atoms with Crippen molar-refractivity contribution in [2.45, 2.75) is 31.2 Å². The topological polar surface area (TPSA) is 52.6 Å². The molecule has 2 heterocycles. The Kier molecular flexibility index (Phi) is 2.69. The Morgan fingerprint density at radius 3 is 2.86 bits per heavy atom. The zero-order valence-corrected chi connectivity index (χ0v) is 7.95. The van der Waals surface area contributed by atoms with Crippen LogP contribution in [0.2, 0.25) is 0 Å². The van der Waals surface area contributed by atoms with Crippen LogP contribution in [0.15, 0.2) is 0 Å². The summed E-state index contributed by atoms with van der Waals surface area (Å²) in [6, 6.07) is -0.332. The molecule has 0 spiro atoms. The Bertz CT molecular complexity index is 237. The molecule has 0 saturated carbocycles. The number of aliphatic hydroxyl groups excluding tert-OH is 1. The number of halogens is 1. The van der Waals surface area contributed by atoms with E-state index in [0.29, 0.717) is 25.9 Å². The van der Waals surface area contributed by atoms with Gasteiger partial charge >= 0.3 is 0 Å². The van der Waals surface area contributed by atoms with Crippen LogP contribution < -0.4 is 5.32 Å². The monoisotopic (exact) mass is 202 g/mol. The summed E-state index contributed by atoms with van der Waals surface area (Å²) in [6.45, 7) is 1.54. The number of hydrogen-bond acceptors (Lipinski definition) is 3. The molecule has 2 fully saturated rings. The van der Waals surface area contributed by atoms with Crippen LogP contribution in [0.4, 0.5) is 4.39 Å². The molecule has 14 heavy (non-hydrogen) atoms. The Balaban J connectivity index is 2.03. The lowest BCUT2D eigenvalue weighted by molar-refractivity contribution is -0.138. The zero-order valence-electron chi connectivity index (χ0n) is 7.95. The van der Waals surface area contributed by atoms with Crippen LogP contribution in [0.25, 0.3) is 0 Å². The average molecular weight is 202 g/mol. The van der Waals surface area contributed by atoms with Crippen molar-refractivity contribution < 1.29 is 14.3 Å². The predicted molar refractivity (Wildman–Crippen MR) is 48.5 cm³/mol. The lowest BCUT2D eigenvalue weighted by Gasteiger charge is -2.34. The number of alkyl halides is 1. The first-order chi connectivity index (χ1) is 6.70. The third kappa shape index (κ3) is 1.62. The van der Waals surface area contributed by atoms with Crippen LogP contribution in [0, 0.1) is 0 Å². The summed E-state index contributed by atoms with van der Waals surface area (Å²) >= 11 is 0. The number of carbonyl (C=O) groups excluding carboxylic acids is 1. The van der Waals surface area contributed by atoms with Gasteiger partial charge in [-0.05, 0) is 19.4 Å². The van der Waals surface area contributed by atoms with Gasteiger partial charge in [-0.1, -0.05) is 0 Å². The minimum Gasteiger partial charge on any atom is -0.383 e. The molecule has 2 aliphatic rings. The van der Waals surface area contributed by atoms with Crippen LogP contribution in [0.1, 0.15) is 12.8 Å². The molecule has 2 rings (SSSR count). The Morgan fingerprint density at radius 1 is 1.50 bits per heavy atom. The van der Waals surface area contributed by atoms with E-state index in [2.05, 4.69) is 5.32 Å². The molecular formula is C9H15FN2O2. The first kappa shape index (κ1) is 9.86. The quantitative estimate of drug-likeness (QED) is 0.590. The van der Waals surface area contributed by atoms with Gasteiger partial charge in [0.2, 0.25) is 0 Å². The minimum absolute atomic E-state index is 0.306. The van der Waals surface area contributed by atoms with E-state index in [1.165, 1.54) is 4.90 Å². The molecule has 2 aliphatic heterocycles. The summed E-state index contributed by atoms with van der Waals surface area (Å²) in [5, 5.41) is 12.2. The summed E-state index contributed by atoms with van der Waals surface area (Å²) in [7, 11) is 0. The van der Waals surface area contributed by atoms with Gasteiger partial charge in [0.15, 0.2) is 0 Å². The van der Waals surface area contributed by atoms with Crippen molar-refractivity contribution in [3.8, 4) is 0 Å². The van der Waals surface area contributed by atoms with E-state index in [4.69, 9.17) is 0 Å². The molecule has 0 aromatic carbocycles. The summed E-state index contributed by atoms with van der Waals surface area (Å²) in [4.78, 5) is 12.9. The molecule has 4 nitrogen and oxygen atoms in total. The molecule has 3 atom stereocenters. The molecule has 5 heteroatoms. The molecule has 0 radical (unpaired) electrons. The summed E-state index contributed by atoms with van der Waals surface area (Å²) in [6.07, 6.45) is -0.829. The van der Waals surface area contributed by atoms with Crippen molar-refractivity contribution in [1.29, 1.82) is 0 Å². The van der Waals surface area contributed by atoms with E-state index in [9.17, 15) is 14.3 Å². The van der Waals surface area contributed by atoms with E-state index >= 15 is 0 Å². The second-order valence-electron chi connectivity index (χ2n) is 3.91. The second kappa shape index (κ2) is 3.82. The largest absolute Gasteiger partial charge is 0.383 e. The van der Waals surface area contributed by atoms with Crippen molar-refractivity contribution in [1.82, 2.24) is 10.2 Å². The Hall–Kier alpha value is -0.680. The van der Waals surface area contributed by atoms with Crippen LogP contribution >= 0.6 is 0 Å². The maximum absolute atomic E-state index is 13.5. The van der Waals surface area contributed by atoms with Gasteiger partial charge in [-0.25, -0.2) is 4.39 Å². The van der Waals surface area contributed by atoms with E-state index in [0.717, 1.165) is 6.54 Å². The number of rotatable bonds is 1. The van der Waals surface area contributed by atoms with Gasteiger partial charge in [0.05, 0.1) is 6.04 Å². The molecule has 0 aliphatic carbocycles. The normalized spacial score (nSPS) is 39.1. The van der Waals surface area contributed by atoms with E-state index in [1.807, 2.05) is 0 Å². The number of nitrogens with zero attached hydrogens (tertiary/aromatic N) is 1. The number of aliphatic hydroxyl groups is 1. The maximum Gasteiger partial charge on any atom is 0.251 e. The zero-order chi connectivity index (χ0) is 10.1. The molecule has 0 aromatic heterocycles. The van der Waals surface area contributed by atoms with Gasteiger partial charge in [0, 0.05) is 13.1 Å². The summed E-state index contributed by atoms with van der Waals surface area (Å²) in [5.74, 6) is -0.306.